The number of carbonyl (C=O) groups excluding carboxylic acids is 3. The minimum atomic E-state index is -0.753. The fourth-order valence-corrected chi connectivity index (χ4v) is 4.86. The fourth-order valence-electron chi connectivity index (χ4n) is 4.86. The molecule has 2 aromatic heterocycles. The maximum Gasteiger partial charge on any atom is 0.234 e. The number of imide groups is 1. The van der Waals surface area contributed by atoms with Crippen LogP contribution in [0.5, 0.6) is 0 Å². The van der Waals surface area contributed by atoms with Gasteiger partial charge in [-0.1, -0.05) is 12.2 Å². The van der Waals surface area contributed by atoms with Gasteiger partial charge in [0.15, 0.2) is 0 Å². The van der Waals surface area contributed by atoms with Crippen molar-refractivity contribution in [1.82, 2.24) is 9.88 Å². The van der Waals surface area contributed by atoms with E-state index in [1.54, 1.807) is 36.7 Å². The van der Waals surface area contributed by atoms with E-state index in [-0.39, 0.29) is 47.8 Å². The maximum atomic E-state index is 13.2. The van der Waals surface area contributed by atoms with E-state index in [4.69, 9.17) is 4.42 Å². The highest BCUT2D eigenvalue weighted by molar-refractivity contribution is 6.07. The summed E-state index contributed by atoms with van der Waals surface area (Å²) in [5.74, 6) is -0.625. The zero-order valence-corrected chi connectivity index (χ0v) is 15.0. The second-order valence-electron chi connectivity index (χ2n) is 7.57. The van der Waals surface area contributed by atoms with E-state index in [9.17, 15) is 14.4 Å². The molecule has 0 aromatic carbocycles. The average Bonchev–Trinajstić information content (AvgIpc) is 3.46. The number of pyridine rings is 1. The molecule has 2 bridgehead atoms. The average molecular weight is 377 g/mol. The number of aromatic nitrogens is 1. The number of furan rings is 1. The monoisotopic (exact) mass is 377 g/mol. The number of fused-ring (bicyclic) bond motifs is 5. The van der Waals surface area contributed by atoms with Crippen molar-refractivity contribution in [3.05, 3.63) is 60.8 Å². The van der Waals surface area contributed by atoms with Crippen molar-refractivity contribution >= 4 is 23.4 Å². The van der Waals surface area contributed by atoms with Crippen molar-refractivity contribution in [2.45, 2.75) is 18.9 Å². The van der Waals surface area contributed by atoms with Crippen LogP contribution in [0.25, 0.3) is 0 Å². The van der Waals surface area contributed by atoms with E-state index in [0.29, 0.717) is 11.4 Å². The molecule has 2 aliphatic carbocycles. The number of carbonyl (C=O) groups is 3. The molecular weight excluding hydrogens is 358 g/mol. The van der Waals surface area contributed by atoms with Gasteiger partial charge in [0.1, 0.15) is 11.8 Å². The molecule has 3 aliphatic rings. The molecule has 1 saturated carbocycles. The van der Waals surface area contributed by atoms with Crippen LogP contribution in [0.4, 0.5) is 5.69 Å². The van der Waals surface area contributed by atoms with E-state index in [2.05, 4.69) is 22.5 Å². The second kappa shape index (κ2) is 6.44. The molecule has 0 radical (unpaired) electrons. The van der Waals surface area contributed by atoms with Gasteiger partial charge in [-0.2, -0.15) is 0 Å². The van der Waals surface area contributed by atoms with Crippen molar-refractivity contribution in [1.29, 1.82) is 0 Å². The Morgan fingerprint density at radius 2 is 1.93 bits per heavy atom. The summed E-state index contributed by atoms with van der Waals surface area (Å²) in [7, 11) is 0. The van der Waals surface area contributed by atoms with E-state index >= 15 is 0 Å². The fraction of sp³-hybridized carbons (Fsp3) is 0.333. The summed E-state index contributed by atoms with van der Waals surface area (Å²) in [5.41, 5.74) is 0.559. The van der Waals surface area contributed by atoms with Crippen LogP contribution in [0.3, 0.4) is 0 Å². The Morgan fingerprint density at radius 1 is 1.18 bits per heavy atom. The summed E-state index contributed by atoms with van der Waals surface area (Å²) >= 11 is 0. The summed E-state index contributed by atoms with van der Waals surface area (Å²) in [6, 6.07) is 6.09. The smallest absolute Gasteiger partial charge is 0.234 e. The SMILES string of the molecule is O=C(CC(c1ccco1)N1C(=O)C2C3C=CC(C3)C2C1=O)Nc1cccnc1. The highest BCUT2D eigenvalue weighted by Gasteiger charge is 2.60. The molecule has 5 atom stereocenters. The zero-order valence-electron chi connectivity index (χ0n) is 15.0. The number of amides is 3. The van der Waals surface area contributed by atoms with Crippen LogP contribution in [0.1, 0.15) is 24.6 Å². The van der Waals surface area contributed by atoms with Crippen LogP contribution in [-0.4, -0.2) is 27.6 Å². The Labute approximate surface area is 161 Å². The Bertz CT molecular complexity index is 923. The van der Waals surface area contributed by atoms with Crippen molar-refractivity contribution in [2.75, 3.05) is 5.32 Å². The molecule has 5 unspecified atom stereocenters. The third-order valence-corrected chi connectivity index (χ3v) is 6.01. The molecule has 7 heteroatoms. The summed E-state index contributed by atoms with van der Waals surface area (Å²) in [4.78, 5) is 44.2. The lowest BCUT2D eigenvalue weighted by Gasteiger charge is -2.26. The first kappa shape index (κ1) is 16.9. The van der Waals surface area contributed by atoms with E-state index in [1.165, 1.54) is 11.2 Å². The van der Waals surface area contributed by atoms with Crippen molar-refractivity contribution in [3.8, 4) is 0 Å². The molecule has 3 heterocycles. The van der Waals surface area contributed by atoms with Gasteiger partial charge in [0.05, 0.1) is 36.4 Å². The third kappa shape index (κ3) is 2.58. The minimum Gasteiger partial charge on any atom is -0.467 e. The standard InChI is InChI=1S/C21H19N3O4/c25-17(23-14-3-1-7-22-11-14)10-15(16-4-2-8-28-16)24-20(26)18-12-5-6-13(9-12)19(18)21(24)27/h1-8,11-13,15,18-19H,9-10H2,(H,23,25). The predicted octanol–water partition coefficient (Wildman–Crippen LogP) is 2.55. The summed E-state index contributed by atoms with van der Waals surface area (Å²) in [6.07, 6.45) is 9.55. The first-order valence-corrected chi connectivity index (χ1v) is 9.42. The highest BCUT2D eigenvalue weighted by Crippen LogP contribution is 2.54. The number of allylic oxidation sites excluding steroid dienone is 2. The van der Waals surface area contributed by atoms with E-state index in [1.807, 2.05) is 0 Å². The Balaban J connectivity index is 1.41. The molecule has 0 spiro atoms. The normalized spacial score (nSPS) is 28.6. The van der Waals surface area contributed by atoms with E-state index < -0.39 is 6.04 Å². The number of anilines is 1. The van der Waals surface area contributed by atoms with Crippen LogP contribution in [-0.2, 0) is 14.4 Å². The number of rotatable bonds is 5. The van der Waals surface area contributed by atoms with Crippen LogP contribution < -0.4 is 5.32 Å². The zero-order chi connectivity index (χ0) is 19.3. The van der Waals surface area contributed by atoms with Crippen LogP contribution in [0, 0.1) is 23.7 Å². The third-order valence-electron chi connectivity index (χ3n) is 6.01. The quantitative estimate of drug-likeness (QED) is 0.639. The molecule has 28 heavy (non-hydrogen) atoms. The lowest BCUT2D eigenvalue weighted by Crippen LogP contribution is -2.38. The second-order valence-corrected chi connectivity index (χ2v) is 7.57. The topological polar surface area (TPSA) is 92.5 Å². The lowest BCUT2D eigenvalue weighted by molar-refractivity contribution is -0.144. The number of nitrogens with zero attached hydrogens (tertiary/aromatic N) is 2. The Kier molecular flexibility index (Phi) is 3.89. The highest BCUT2D eigenvalue weighted by atomic mass is 16.3. The number of hydrogen-bond donors (Lipinski definition) is 1. The van der Waals surface area contributed by atoms with E-state index in [0.717, 1.165) is 6.42 Å². The first-order valence-electron chi connectivity index (χ1n) is 9.42. The summed E-state index contributed by atoms with van der Waals surface area (Å²) < 4.78 is 5.49. The number of nitrogens with one attached hydrogen (secondary N) is 1. The molecule has 3 amide bonds. The van der Waals surface area contributed by atoms with Gasteiger partial charge in [0.25, 0.3) is 0 Å². The maximum absolute atomic E-state index is 13.2. The van der Waals surface area contributed by atoms with Gasteiger partial charge < -0.3 is 9.73 Å². The minimum absolute atomic E-state index is 0.0674. The van der Waals surface area contributed by atoms with Crippen molar-refractivity contribution in [3.63, 3.8) is 0 Å². The number of hydrogen-bond acceptors (Lipinski definition) is 5. The molecule has 1 aliphatic heterocycles. The molecule has 5 rings (SSSR count). The molecule has 7 nitrogen and oxygen atoms in total. The summed E-state index contributed by atoms with van der Waals surface area (Å²) in [6.45, 7) is 0. The molecule has 1 N–H and O–H groups in total. The van der Waals surface area contributed by atoms with Crippen LogP contribution >= 0.6 is 0 Å². The van der Waals surface area contributed by atoms with Gasteiger partial charge in [-0.3, -0.25) is 24.3 Å². The predicted molar refractivity (Wildman–Crippen MR) is 98.5 cm³/mol. The number of likely N-dealkylation sites (tertiary alicyclic amines) is 1. The van der Waals surface area contributed by atoms with Gasteiger partial charge in [-0.05, 0) is 42.5 Å². The largest absolute Gasteiger partial charge is 0.467 e. The molecular formula is C21H19N3O4. The van der Waals surface area contributed by atoms with Gasteiger partial charge >= 0.3 is 0 Å². The van der Waals surface area contributed by atoms with Gasteiger partial charge in [-0.25, -0.2) is 0 Å². The van der Waals surface area contributed by atoms with Crippen molar-refractivity contribution < 1.29 is 18.8 Å². The summed E-state index contributed by atoms with van der Waals surface area (Å²) in [5, 5.41) is 2.76. The van der Waals surface area contributed by atoms with Crippen LogP contribution in [0.15, 0.2) is 59.5 Å². The first-order chi connectivity index (χ1) is 13.6. The lowest BCUT2D eigenvalue weighted by atomic mass is 9.85. The molecule has 2 aromatic rings. The van der Waals surface area contributed by atoms with Gasteiger partial charge in [0.2, 0.25) is 17.7 Å². The Hall–Kier alpha value is -3.22. The van der Waals surface area contributed by atoms with Gasteiger partial charge in [-0.15, -0.1) is 0 Å². The molecule has 2 fully saturated rings. The molecule has 142 valence electrons. The van der Waals surface area contributed by atoms with Crippen LogP contribution in [0.2, 0.25) is 0 Å². The molecule has 1 saturated heterocycles. The van der Waals surface area contributed by atoms with Crippen molar-refractivity contribution in [2.24, 2.45) is 23.7 Å². The van der Waals surface area contributed by atoms with Gasteiger partial charge in [0, 0.05) is 6.20 Å². The Morgan fingerprint density at radius 3 is 2.54 bits per heavy atom.